The number of carbonyl (C=O) groups excluding carboxylic acids is 1. The van der Waals surface area contributed by atoms with Gasteiger partial charge in [0.1, 0.15) is 5.69 Å². The molecule has 0 fully saturated rings. The minimum absolute atomic E-state index is 0.119. The molecule has 2 rings (SSSR count). The Kier molecular flexibility index (Phi) is 2.82. The van der Waals surface area contributed by atoms with Crippen molar-refractivity contribution >= 4 is 22.9 Å². The van der Waals surface area contributed by atoms with E-state index in [1.54, 1.807) is 30.2 Å². The van der Waals surface area contributed by atoms with Gasteiger partial charge in [-0.2, -0.15) is 0 Å². The zero-order valence-electron chi connectivity index (χ0n) is 8.51. The highest BCUT2D eigenvalue weighted by molar-refractivity contribution is 7.07. The molecule has 0 saturated heterocycles. The lowest BCUT2D eigenvalue weighted by atomic mass is 10.3. The molecule has 0 radical (unpaired) electrons. The molecule has 0 spiro atoms. The third kappa shape index (κ3) is 2.17. The van der Waals surface area contributed by atoms with Gasteiger partial charge in [0, 0.05) is 24.7 Å². The molecule has 0 saturated carbocycles. The van der Waals surface area contributed by atoms with Crippen LogP contribution in [-0.2, 0) is 7.05 Å². The Morgan fingerprint density at radius 1 is 1.50 bits per heavy atom. The SMILES string of the molecule is Cn1cc(NC(=O)c2cscn2)ccc1=O. The largest absolute Gasteiger partial charge is 0.319 e. The molecule has 0 bridgehead atoms. The smallest absolute Gasteiger partial charge is 0.275 e. The first-order valence-electron chi connectivity index (χ1n) is 4.53. The molecule has 0 aliphatic rings. The molecule has 0 unspecified atom stereocenters. The zero-order chi connectivity index (χ0) is 11.5. The van der Waals surface area contributed by atoms with Crippen molar-refractivity contribution in [3.05, 3.63) is 45.3 Å². The van der Waals surface area contributed by atoms with Gasteiger partial charge in [0.25, 0.3) is 5.91 Å². The van der Waals surface area contributed by atoms with Crippen LogP contribution >= 0.6 is 11.3 Å². The van der Waals surface area contributed by atoms with E-state index in [0.29, 0.717) is 11.4 Å². The van der Waals surface area contributed by atoms with Crippen molar-refractivity contribution in [3.63, 3.8) is 0 Å². The maximum Gasteiger partial charge on any atom is 0.275 e. The van der Waals surface area contributed by atoms with Crippen LogP contribution in [0.3, 0.4) is 0 Å². The third-order valence-electron chi connectivity index (χ3n) is 2.01. The number of pyridine rings is 1. The molecular formula is C10H9N3O2S. The first kappa shape index (κ1) is 10.6. The second kappa shape index (κ2) is 4.28. The second-order valence-corrected chi connectivity index (χ2v) is 3.91. The Labute approximate surface area is 95.4 Å². The molecule has 5 nitrogen and oxygen atoms in total. The van der Waals surface area contributed by atoms with Gasteiger partial charge < -0.3 is 9.88 Å². The molecule has 0 aliphatic carbocycles. The summed E-state index contributed by atoms with van der Waals surface area (Å²) in [6, 6.07) is 2.96. The summed E-state index contributed by atoms with van der Waals surface area (Å²) in [6.07, 6.45) is 1.56. The predicted octanol–water partition coefficient (Wildman–Crippen LogP) is 1.09. The fraction of sp³-hybridized carbons (Fsp3) is 0.100. The van der Waals surface area contributed by atoms with Crippen molar-refractivity contribution in [3.8, 4) is 0 Å². The quantitative estimate of drug-likeness (QED) is 0.847. The van der Waals surface area contributed by atoms with E-state index in [0.717, 1.165) is 0 Å². The number of anilines is 1. The van der Waals surface area contributed by atoms with Crippen LogP contribution in [0.25, 0.3) is 0 Å². The van der Waals surface area contributed by atoms with Gasteiger partial charge in [-0.1, -0.05) is 0 Å². The van der Waals surface area contributed by atoms with Gasteiger partial charge in [-0.3, -0.25) is 9.59 Å². The van der Waals surface area contributed by atoms with Crippen LogP contribution in [0.4, 0.5) is 5.69 Å². The van der Waals surface area contributed by atoms with E-state index in [9.17, 15) is 9.59 Å². The molecule has 2 heterocycles. The van der Waals surface area contributed by atoms with Crippen molar-refractivity contribution in [1.82, 2.24) is 9.55 Å². The van der Waals surface area contributed by atoms with E-state index in [1.807, 2.05) is 0 Å². The summed E-state index contributed by atoms with van der Waals surface area (Å²) in [6.45, 7) is 0. The number of thiazole rings is 1. The molecule has 1 amide bonds. The fourth-order valence-electron chi connectivity index (χ4n) is 1.19. The van der Waals surface area contributed by atoms with Gasteiger partial charge >= 0.3 is 0 Å². The van der Waals surface area contributed by atoms with E-state index in [4.69, 9.17) is 0 Å². The Morgan fingerprint density at radius 2 is 2.31 bits per heavy atom. The molecule has 2 aromatic rings. The van der Waals surface area contributed by atoms with Crippen LogP contribution in [0.1, 0.15) is 10.5 Å². The van der Waals surface area contributed by atoms with Crippen molar-refractivity contribution in [2.45, 2.75) is 0 Å². The monoisotopic (exact) mass is 235 g/mol. The summed E-state index contributed by atoms with van der Waals surface area (Å²) in [5, 5.41) is 4.32. The first-order chi connectivity index (χ1) is 7.66. The van der Waals surface area contributed by atoms with Crippen LogP contribution < -0.4 is 10.9 Å². The standard InChI is InChI=1S/C10H9N3O2S/c1-13-4-7(2-3-9(13)14)12-10(15)8-5-16-6-11-8/h2-6H,1H3,(H,12,15). The third-order valence-corrected chi connectivity index (χ3v) is 2.60. The summed E-state index contributed by atoms with van der Waals surface area (Å²) < 4.78 is 1.40. The fourth-order valence-corrected chi connectivity index (χ4v) is 1.72. The molecule has 16 heavy (non-hydrogen) atoms. The molecule has 2 aromatic heterocycles. The number of nitrogens with zero attached hydrogens (tertiary/aromatic N) is 2. The average molecular weight is 235 g/mol. The highest BCUT2D eigenvalue weighted by Gasteiger charge is 2.07. The van der Waals surface area contributed by atoms with Gasteiger partial charge in [-0.05, 0) is 6.07 Å². The summed E-state index contributed by atoms with van der Waals surface area (Å²) in [5.41, 5.74) is 2.42. The normalized spacial score (nSPS) is 10.1. The molecule has 6 heteroatoms. The number of nitrogens with one attached hydrogen (secondary N) is 1. The summed E-state index contributed by atoms with van der Waals surface area (Å²) in [4.78, 5) is 26.6. The molecular weight excluding hydrogens is 226 g/mol. The van der Waals surface area contributed by atoms with Crippen molar-refractivity contribution < 1.29 is 4.79 Å². The van der Waals surface area contributed by atoms with E-state index in [-0.39, 0.29) is 11.5 Å². The minimum Gasteiger partial charge on any atom is -0.319 e. The van der Waals surface area contributed by atoms with Gasteiger partial charge in [-0.25, -0.2) is 4.98 Å². The van der Waals surface area contributed by atoms with Crippen molar-refractivity contribution in [1.29, 1.82) is 0 Å². The zero-order valence-corrected chi connectivity index (χ0v) is 9.32. The van der Waals surface area contributed by atoms with Gasteiger partial charge in [-0.15, -0.1) is 11.3 Å². The Hall–Kier alpha value is -1.95. The van der Waals surface area contributed by atoms with Crippen LogP contribution in [0, 0.1) is 0 Å². The second-order valence-electron chi connectivity index (χ2n) is 3.19. The lowest BCUT2D eigenvalue weighted by molar-refractivity contribution is 0.102. The molecule has 0 atom stereocenters. The number of aromatic nitrogens is 2. The Morgan fingerprint density at radius 3 is 2.94 bits per heavy atom. The minimum atomic E-state index is -0.278. The highest BCUT2D eigenvalue weighted by atomic mass is 32.1. The maximum absolute atomic E-state index is 11.6. The van der Waals surface area contributed by atoms with Crippen LogP contribution in [-0.4, -0.2) is 15.5 Å². The molecule has 0 aliphatic heterocycles. The predicted molar refractivity (Wildman–Crippen MR) is 61.8 cm³/mol. The molecule has 0 aromatic carbocycles. The van der Waals surface area contributed by atoms with Gasteiger partial charge in [0.2, 0.25) is 5.56 Å². The van der Waals surface area contributed by atoms with Crippen molar-refractivity contribution in [2.75, 3.05) is 5.32 Å². The van der Waals surface area contributed by atoms with Gasteiger partial charge in [0.05, 0.1) is 11.2 Å². The van der Waals surface area contributed by atoms with Crippen LogP contribution in [0.5, 0.6) is 0 Å². The topological polar surface area (TPSA) is 64.0 Å². The number of amides is 1. The summed E-state index contributed by atoms with van der Waals surface area (Å²) in [5.74, 6) is -0.278. The number of rotatable bonds is 2. The molecule has 82 valence electrons. The maximum atomic E-state index is 11.6. The number of carbonyl (C=O) groups is 1. The van der Waals surface area contributed by atoms with E-state index >= 15 is 0 Å². The van der Waals surface area contributed by atoms with E-state index in [1.165, 1.54) is 22.0 Å². The number of aryl methyl sites for hydroxylation is 1. The van der Waals surface area contributed by atoms with Gasteiger partial charge in [0.15, 0.2) is 0 Å². The average Bonchev–Trinajstić information content (AvgIpc) is 2.77. The first-order valence-corrected chi connectivity index (χ1v) is 5.47. The van der Waals surface area contributed by atoms with Crippen LogP contribution in [0.15, 0.2) is 34.0 Å². The summed E-state index contributed by atoms with van der Waals surface area (Å²) in [7, 11) is 1.63. The lowest BCUT2D eigenvalue weighted by Gasteiger charge is -2.04. The lowest BCUT2D eigenvalue weighted by Crippen LogP contribution is -2.18. The Balaban J connectivity index is 2.18. The van der Waals surface area contributed by atoms with Crippen LogP contribution in [0.2, 0.25) is 0 Å². The Bertz CT molecular complexity index is 560. The van der Waals surface area contributed by atoms with Crippen molar-refractivity contribution in [2.24, 2.45) is 7.05 Å². The summed E-state index contributed by atoms with van der Waals surface area (Å²) >= 11 is 1.36. The highest BCUT2D eigenvalue weighted by Crippen LogP contribution is 2.07. The number of hydrogen-bond acceptors (Lipinski definition) is 4. The van der Waals surface area contributed by atoms with E-state index < -0.39 is 0 Å². The van der Waals surface area contributed by atoms with E-state index in [2.05, 4.69) is 10.3 Å². The molecule has 1 N–H and O–H groups in total. The number of hydrogen-bond donors (Lipinski definition) is 1.